The van der Waals surface area contributed by atoms with Gasteiger partial charge >= 0.3 is 0 Å². The lowest BCUT2D eigenvalue weighted by molar-refractivity contribution is -0.124. The maximum atomic E-state index is 12.8. The smallest absolute Gasteiger partial charge is 0.235 e. The van der Waals surface area contributed by atoms with Crippen molar-refractivity contribution in [1.82, 2.24) is 10.2 Å². The van der Waals surface area contributed by atoms with Crippen LogP contribution in [-0.2, 0) is 10.2 Å². The number of carbonyl (C=O) groups is 1. The molecule has 0 unspecified atom stereocenters. The second-order valence-corrected chi connectivity index (χ2v) is 5.56. The first-order chi connectivity index (χ1) is 9.63. The Morgan fingerprint density at radius 2 is 1.95 bits per heavy atom. The van der Waals surface area contributed by atoms with Crippen molar-refractivity contribution in [3.8, 4) is 0 Å². The van der Waals surface area contributed by atoms with Gasteiger partial charge < -0.3 is 5.32 Å². The number of aromatic amines is 1. The van der Waals surface area contributed by atoms with Crippen molar-refractivity contribution in [3.63, 3.8) is 0 Å². The van der Waals surface area contributed by atoms with E-state index in [1.165, 1.54) is 0 Å². The van der Waals surface area contributed by atoms with Crippen LogP contribution in [0.5, 0.6) is 0 Å². The van der Waals surface area contributed by atoms with Crippen LogP contribution >= 0.6 is 0 Å². The van der Waals surface area contributed by atoms with Crippen molar-refractivity contribution in [3.05, 3.63) is 47.3 Å². The van der Waals surface area contributed by atoms with Gasteiger partial charge in [-0.25, -0.2) is 0 Å². The molecular formula is C16H19N3O. The van der Waals surface area contributed by atoms with Gasteiger partial charge in [-0.3, -0.25) is 9.89 Å². The number of hydrogen-bond donors (Lipinski definition) is 2. The van der Waals surface area contributed by atoms with Gasteiger partial charge in [0.15, 0.2) is 0 Å². The first kappa shape index (κ1) is 12.9. The molecule has 1 aliphatic rings. The highest BCUT2D eigenvalue weighted by Gasteiger charge is 2.45. The number of H-pyrrole nitrogens is 1. The van der Waals surface area contributed by atoms with Gasteiger partial charge in [0.25, 0.3) is 0 Å². The van der Waals surface area contributed by atoms with Crippen LogP contribution < -0.4 is 5.32 Å². The minimum Gasteiger partial charge on any atom is -0.322 e. The fourth-order valence-electron chi connectivity index (χ4n) is 2.90. The lowest BCUT2D eigenvalue weighted by Gasteiger charge is -2.40. The minimum atomic E-state index is -0.364. The Hall–Kier alpha value is -2.10. The molecule has 0 aliphatic heterocycles. The predicted octanol–water partition coefficient (Wildman–Crippen LogP) is 3.09. The Morgan fingerprint density at radius 3 is 2.45 bits per heavy atom. The number of rotatable bonds is 3. The number of aromatic nitrogens is 2. The lowest BCUT2D eigenvalue weighted by Crippen LogP contribution is -2.46. The number of hydrogen-bond acceptors (Lipinski definition) is 2. The average molecular weight is 269 g/mol. The molecule has 1 saturated carbocycles. The van der Waals surface area contributed by atoms with Gasteiger partial charge in [-0.2, -0.15) is 5.10 Å². The highest BCUT2D eigenvalue weighted by atomic mass is 16.2. The number of carbonyl (C=O) groups excluding carboxylic acids is 1. The van der Waals surface area contributed by atoms with Crippen LogP contribution in [0, 0.1) is 13.8 Å². The van der Waals surface area contributed by atoms with Gasteiger partial charge in [0, 0.05) is 0 Å². The van der Waals surface area contributed by atoms with Crippen LogP contribution in [0.2, 0.25) is 0 Å². The van der Waals surface area contributed by atoms with E-state index in [1.807, 2.05) is 44.2 Å². The van der Waals surface area contributed by atoms with E-state index in [1.54, 1.807) is 0 Å². The highest BCUT2D eigenvalue weighted by Crippen LogP contribution is 2.44. The van der Waals surface area contributed by atoms with Crippen molar-refractivity contribution in [2.75, 3.05) is 5.32 Å². The lowest BCUT2D eigenvalue weighted by atomic mass is 9.64. The topological polar surface area (TPSA) is 57.8 Å². The van der Waals surface area contributed by atoms with E-state index in [0.717, 1.165) is 41.9 Å². The van der Waals surface area contributed by atoms with Crippen molar-refractivity contribution in [2.24, 2.45) is 0 Å². The van der Waals surface area contributed by atoms with Gasteiger partial charge in [-0.05, 0) is 32.3 Å². The molecule has 3 rings (SSSR count). The summed E-state index contributed by atoms with van der Waals surface area (Å²) in [4.78, 5) is 12.8. The van der Waals surface area contributed by atoms with Crippen molar-refractivity contribution < 1.29 is 4.79 Å². The molecule has 1 amide bonds. The van der Waals surface area contributed by atoms with E-state index in [0.29, 0.717) is 0 Å². The molecule has 2 aromatic rings. The zero-order valence-electron chi connectivity index (χ0n) is 11.9. The van der Waals surface area contributed by atoms with Crippen LogP contribution in [0.25, 0.3) is 0 Å². The summed E-state index contributed by atoms with van der Waals surface area (Å²) in [6.07, 6.45) is 2.93. The molecule has 0 saturated heterocycles. The third-order valence-corrected chi connectivity index (χ3v) is 4.33. The molecule has 1 aliphatic carbocycles. The van der Waals surface area contributed by atoms with Crippen LogP contribution in [0.4, 0.5) is 5.69 Å². The molecule has 4 nitrogen and oxygen atoms in total. The summed E-state index contributed by atoms with van der Waals surface area (Å²) in [5.74, 6) is 0.0857. The standard InChI is InChI=1S/C16H19N3O/c1-11-14(12(2)19-18-11)17-15(20)16(9-6-10-16)13-7-4-3-5-8-13/h3-5,7-8H,6,9-10H2,1-2H3,(H,17,20)(H,18,19). The van der Waals surface area contributed by atoms with Gasteiger partial charge in [-0.15, -0.1) is 0 Å². The molecule has 2 N–H and O–H groups in total. The molecule has 0 radical (unpaired) electrons. The van der Waals surface area contributed by atoms with E-state index in [2.05, 4.69) is 15.5 Å². The Morgan fingerprint density at radius 1 is 1.25 bits per heavy atom. The van der Waals surface area contributed by atoms with Crippen LogP contribution in [0.15, 0.2) is 30.3 Å². The fraction of sp³-hybridized carbons (Fsp3) is 0.375. The first-order valence-electron chi connectivity index (χ1n) is 7.02. The summed E-state index contributed by atoms with van der Waals surface area (Å²) in [6, 6.07) is 10.1. The zero-order chi connectivity index (χ0) is 14.2. The number of nitrogens with one attached hydrogen (secondary N) is 2. The summed E-state index contributed by atoms with van der Waals surface area (Å²) in [6.45, 7) is 3.82. The molecule has 1 aromatic heterocycles. The predicted molar refractivity (Wildman–Crippen MR) is 78.7 cm³/mol. The van der Waals surface area contributed by atoms with E-state index < -0.39 is 0 Å². The van der Waals surface area contributed by atoms with Gasteiger partial charge in [-0.1, -0.05) is 36.8 Å². The quantitative estimate of drug-likeness (QED) is 0.899. The van der Waals surface area contributed by atoms with Crippen molar-refractivity contribution in [2.45, 2.75) is 38.5 Å². The van der Waals surface area contributed by atoms with E-state index in [-0.39, 0.29) is 11.3 Å². The molecule has 0 spiro atoms. The van der Waals surface area contributed by atoms with Crippen molar-refractivity contribution >= 4 is 11.6 Å². The minimum absolute atomic E-state index is 0.0857. The highest BCUT2D eigenvalue weighted by molar-refractivity contribution is 6.00. The summed E-state index contributed by atoms with van der Waals surface area (Å²) >= 11 is 0. The Bertz CT molecular complexity index is 607. The molecular weight excluding hydrogens is 250 g/mol. The molecule has 1 heterocycles. The molecule has 4 heteroatoms. The molecule has 104 valence electrons. The SMILES string of the molecule is Cc1n[nH]c(C)c1NC(=O)C1(c2ccccc2)CCC1. The molecule has 1 aromatic carbocycles. The van der Waals surface area contributed by atoms with Gasteiger partial charge in [0.1, 0.15) is 0 Å². The number of nitrogens with zero attached hydrogens (tertiary/aromatic N) is 1. The van der Waals surface area contributed by atoms with E-state index in [9.17, 15) is 4.79 Å². The fourth-order valence-corrected chi connectivity index (χ4v) is 2.90. The van der Waals surface area contributed by atoms with Crippen LogP contribution in [0.1, 0.15) is 36.2 Å². The average Bonchev–Trinajstić information content (AvgIpc) is 2.71. The Balaban J connectivity index is 1.89. The molecule has 20 heavy (non-hydrogen) atoms. The summed E-state index contributed by atoms with van der Waals surface area (Å²) in [5, 5.41) is 10.1. The third-order valence-electron chi connectivity index (χ3n) is 4.33. The second kappa shape index (κ2) is 4.78. The van der Waals surface area contributed by atoms with Crippen LogP contribution in [0.3, 0.4) is 0 Å². The number of aryl methyl sites for hydroxylation is 2. The Kier molecular flexibility index (Phi) is 3.08. The van der Waals surface area contributed by atoms with Gasteiger partial charge in [0.05, 0.1) is 22.5 Å². The second-order valence-electron chi connectivity index (χ2n) is 5.56. The summed E-state index contributed by atoms with van der Waals surface area (Å²) < 4.78 is 0. The molecule has 1 fully saturated rings. The van der Waals surface area contributed by atoms with E-state index in [4.69, 9.17) is 0 Å². The van der Waals surface area contributed by atoms with Crippen LogP contribution in [-0.4, -0.2) is 16.1 Å². The van der Waals surface area contributed by atoms with E-state index >= 15 is 0 Å². The van der Waals surface area contributed by atoms with Gasteiger partial charge in [0.2, 0.25) is 5.91 Å². The number of amides is 1. The maximum absolute atomic E-state index is 12.8. The molecule has 0 atom stereocenters. The molecule has 0 bridgehead atoms. The zero-order valence-corrected chi connectivity index (χ0v) is 11.9. The first-order valence-corrected chi connectivity index (χ1v) is 7.02. The Labute approximate surface area is 118 Å². The third kappa shape index (κ3) is 1.92. The number of anilines is 1. The normalized spacial score (nSPS) is 16.5. The monoisotopic (exact) mass is 269 g/mol. The summed E-state index contributed by atoms with van der Waals surface area (Å²) in [7, 11) is 0. The number of benzene rings is 1. The maximum Gasteiger partial charge on any atom is 0.235 e. The summed E-state index contributed by atoms with van der Waals surface area (Å²) in [5.41, 5.74) is 3.30. The van der Waals surface area contributed by atoms with Crippen molar-refractivity contribution in [1.29, 1.82) is 0 Å². The largest absolute Gasteiger partial charge is 0.322 e.